The van der Waals surface area contributed by atoms with E-state index in [0.29, 0.717) is 23.3 Å². The summed E-state index contributed by atoms with van der Waals surface area (Å²) in [5.74, 6) is 0.712. The molecular weight excluding hydrogens is 446 g/mol. The van der Waals surface area contributed by atoms with Crippen LogP contribution < -0.4 is 10.2 Å². The zero-order valence-corrected chi connectivity index (χ0v) is 21.0. The highest BCUT2D eigenvalue weighted by atomic mass is 16.6. The molecule has 35 heavy (non-hydrogen) atoms. The molecule has 0 fully saturated rings. The van der Waals surface area contributed by atoms with Crippen LogP contribution >= 0.6 is 0 Å². The molecule has 0 spiro atoms. The number of methoxy groups -OCH3 is 1. The second-order valence-electron chi connectivity index (χ2n) is 8.95. The highest BCUT2D eigenvalue weighted by Gasteiger charge is 2.27. The van der Waals surface area contributed by atoms with Gasteiger partial charge in [0.25, 0.3) is 11.6 Å². The molecule has 2 heterocycles. The maximum absolute atomic E-state index is 12.5. The van der Waals surface area contributed by atoms with Gasteiger partial charge in [-0.05, 0) is 64.3 Å². The minimum atomic E-state index is -0.399. The maximum Gasteiger partial charge on any atom is 0.291 e. The highest BCUT2D eigenvalue weighted by molar-refractivity contribution is 5.55. The third-order valence-electron chi connectivity index (χ3n) is 5.80. The fourth-order valence-electron chi connectivity index (χ4n) is 4.21. The molecule has 2 aromatic rings. The summed E-state index contributed by atoms with van der Waals surface area (Å²) in [6.07, 6.45) is 8.95. The Hall–Kier alpha value is -3.87. The molecule has 1 aromatic carbocycles. The smallest absolute Gasteiger partial charge is 0.291 e. The largest absolute Gasteiger partial charge is 0.489 e. The van der Waals surface area contributed by atoms with Crippen molar-refractivity contribution in [3.05, 3.63) is 108 Å². The molecule has 3 rings (SSSR count). The lowest BCUT2D eigenvalue weighted by Gasteiger charge is -2.14. The van der Waals surface area contributed by atoms with Crippen LogP contribution in [0.15, 0.2) is 74.2 Å². The summed E-state index contributed by atoms with van der Waals surface area (Å²) in [5.41, 5.74) is 6.35. The molecule has 7 heteroatoms. The summed E-state index contributed by atoms with van der Waals surface area (Å²) < 4.78 is 16.9. The lowest BCUT2D eigenvalue weighted by atomic mass is 10.0. The Morgan fingerprint density at radius 2 is 1.80 bits per heavy atom. The van der Waals surface area contributed by atoms with Gasteiger partial charge in [-0.1, -0.05) is 34.9 Å². The van der Waals surface area contributed by atoms with Crippen molar-refractivity contribution in [1.29, 1.82) is 0 Å². The Bertz CT molecular complexity index is 1290. The minimum Gasteiger partial charge on any atom is -0.489 e. The number of benzene rings is 1. The summed E-state index contributed by atoms with van der Waals surface area (Å²) in [6, 6.07) is 6.53. The number of rotatable bonds is 8. The molecule has 1 aromatic heterocycles. The number of allylic oxidation sites excluding steroid dienone is 5. The van der Waals surface area contributed by atoms with Crippen molar-refractivity contribution >= 4 is 11.8 Å². The Labute approximate surface area is 205 Å². The summed E-state index contributed by atoms with van der Waals surface area (Å²) in [6.45, 7) is 9.58. The number of ether oxygens (including phenoxy) is 2. The molecule has 0 radical (unpaired) electrons. The van der Waals surface area contributed by atoms with E-state index < -0.39 is 4.92 Å². The summed E-state index contributed by atoms with van der Waals surface area (Å²) in [4.78, 5) is 22.9. The molecule has 0 bridgehead atoms. The van der Waals surface area contributed by atoms with E-state index in [-0.39, 0.29) is 23.2 Å². The Kier molecular flexibility index (Phi) is 8.12. The molecule has 0 aliphatic carbocycles. The van der Waals surface area contributed by atoms with E-state index in [0.717, 1.165) is 28.7 Å². The number of hydrogen-bond donors (Lipinski definition) is 0. The van der Waals surface area contributed by atoms with Crippen molar-refractivity contribution in [3.63, 3.8) is 0 Å². The van der Waals surface area contributed by atoms with E-state index in [2.05, 4.69) is 19.1 Å². The van der Waals surface area contributed by atoms with Gasteiger partial charge in [-0.3, -0.25) is 14.9 Å². The van der Waals surface area contributed by atoms with Crippen LogP contribution in [0.5, 0.6) is 5.95 Å². The number of nitro benzene ring substituents is 1. The molecule has 0 amide bonds. The first-order chi connectivity index (χ1) is 16.6. The summed E-state index contributed by atoms with van der Waals surface area (Å²) >= 11 is 0. The fourth-order valence-corrected chi connectivity index (χ4v) is 4.21. The van der Waals surface area contributed by atoms with E-state index in [1.807, 2.05) is 19.9 Å². The zero-order chi connectivity index (χ0) is 25.7. The van der Waals surface area contributed by atoms with Gasteiger partial charge in [0, 0.05) is 24.1 Å². The van der Waals surface area contributed by atoms with Crippen molar-refractivity contribution in [2.45, 2.75) is 53.6 Å². The van der Waals surface area contributed by atoms with Crippen LogP contribution in [-0.2, 0) is 4.74 Å². The van der Waals surface area contributed by atoms with Gasteiger partial charge < -0.3 is 13.9 Å². The SMILES string of the molecule is COc1oc([C@H]2CC(/C=C(C)\C=C(\C)C/C(C)=C/c3ccc([N+](=O)[O-])cc3)=CO2)c(C)c(=O)c1C. The van der Waals surface area contributed by atoms with Gasteiger partial charge >= 0.3 is 0 Å². The molecule has 7 nitrogen and oxygen atoms in total. The fraction of sp³-hybridized carbons (Fsp3) is 0.321. The third kappa shape index (κ3) is 6.38. The molecule has 0 saturated heterocycles. The second kappa shape index (κ2) is 11.0. The van der Waals surface area contributed by atoms with Crippen LogP contribution in [0.4, 0.5) is 5.69 Å². The monoisotopic (exact) mass is 477 g/mol. The van der Waals surface area contributed by atoms with E-state index in [4.69, 9.17) is 13.9 Å². The predicted octanol–water partition coefficient (Wildman–Crippen LogP) is 6.90. The first-order valence-corrected chi connectivity index (χ1v) is 11.4. The van der Waals surface area contributed by atoms with Crippen molar-refractivity contribution in [1.82, 2.24) is 0 Å². The second-order valence-corrected chi connectivity index (χ2v) is 8.95. The number of non-ortho nitro benzene ring substituents is 1. The maximum atomic E-state index is 12.5. The van der Waals surface area contributed by atoms with E-state index in [9.17, 15) is 14.9 Å². The minimum absolute atomic E-state index is 0.0860. The van der Waals surface area contributed by atoms with Gasteiger partial charge in [0.05, 0.1) is 23.9 Å². The standard InChI is InChI=1S/C28H31NO6/c1-17(11-18(2)13-22-7-9-24(10-8-22)29(31)32)12-19(3)14-23-15-25(34-16-23)27-20(4)26(30)21(5)28(33-6)35-27/h7-10,12-14,16,25H,11,15H2,1-6H3/b17-12-,18-13+,19-14-/t25-/m1/s1. The Balaban J connectivity index is 1.66. The first kappa shape index (κ1) is 25.7. The molecule has 0 unspecified atom stereocenters. The average molecular weight is 478 g/mol. The molecule has 1 aliphatic rings. The van der Waals surface area contributed by atoms with Gasteiger partial charge in [0.15, 0.2) is 17.3 Å². The number of hydrogen-bond acceptors (Lipinski definition) is 6. The van der Waals surface area contributed by atoms with E-state index in [1.165, 1.54) is 24.8 Å². The van der Waals surface area contributed by atoms with Crippen LogP contribution in [0.1, 0.15) is 62.2 Å². The zero-order valence-electron chi connectivity index (χ0n) is 21.0. The molecule has 0 saturated carbocycles. The quantitative estimate of drug-likeness (QED) is 0.233. The lowest BCUT2D eigenvalue weighted by Crippen LogP contribution is -2.15. The number of nitrogens with zero attached hydrogens (tertiary/aromatic N) is 1. The van der Waals surface area contributed by atoms with Gasteiger partial charge in [-0.2, -0.15) is 0 Å². The van der Waals surface area contributed by atoms with Crippen molar-refractivity contribution in [2.24, 2.45) is 0 Å². The number of nitro groups is 1. The molecule has 1 aliphatic heterocycles. The topological polar surface area (TPSA) is 91.8 Å². The van der Waals surface area contributed by atoms with Crippen LogP contribution in [0.3, 0.4) is 0 Å². The van der Waals surface area contributed by atoms with Crippen LogP contribution in [-0.4, -0.2) is 12.0 Å². The third-order valence-corrected chi connectivity index (χ3v) is 5.80. The predicted molar refractivity (Wildman–Crippen MR) is 136 cm³/mol. The van der Waals surface area contributed by atoms with Gasteiger partial charge in [0.1, 0.15) is 0 Å². The highest BCUT2D eigenvalue weighted by Crippen LogP contribution is 2.35. The summed E-state index contributed by atoms with van der Waals surface area (Å²) in [5, 5.41) is 10.8. The summed E-state index contributed by atoms with van der Waals surface area (Å²) in [7, 11) is 1.48. The lowest BCUT2D eigenvalue weighted by molar-refractivity contribution is -0.384. The van der Waals surface area contributed by atoms with E-state index >= 15 is 0 Å². The van der Waals surface area contributed by atoms with Crippen molar-refractivity contribution in [3.8, 4) is 5.95 Å². The van der Waals surface area contributed by atoms with Crippen LogP contribution in [0.25, 0.3) is 6.08 Å². The van der Waals surface area contributed by atoms with Crippen molar-refractivity contribution < 1.29 is 18.8 Å². The molecular formula is C28H31NO6. The molecule has 0 N–H and O–H groups in total. The van der Waals surface area contributed by atoms with Gasteiger partial charge in [-0.25, -0.2) is 0 Å². The Morgan fingerprint density at radius 1 is 1.11 bits per heavy atom. The Morgan fingerprint density at radius 3 is 2.43 bits per heavy atom. The van der Waals surface area contributed by atoms with Crippen LogP contribution in [0, 0.1) is 24.0 Å². The van der Waals surface area contributed by atoms with Gasteiger partial charge in [-0.15, -0.1) is 0 Å². The normalized spacial score (nSPS) is 16.7. The van der Waals surface area contributed by atoms with Gasteiger partial charge in [0.2, 0.25) is 0 Å². The van der Waals surface area contributed by atoms with Crippen molar-refractivity contribution in [2.75, 3.05) is 7.11 Å². The first-order valence-electron chi connectivity index (χ1n) is 11.4. The van der Waals surface area contributed by atoms with Crippen LogP contribution in [0.2, 0.25) is 0 Å². The molecule has 1 atom stereocenters. The molecule has 184 valence electrons. The van der Waals surface area contributed by atoms with E-state index in [1.54, 1.807) is 32.2 Å². The average Bonchev–Trinajstić information content (AvgIpc) is 3.25.